The number of hydrogen-bond acceptors (Lipinski definition) is 6. The van der Waals surface area contributed by atoms with Crippen molar-refractivity contribution in [2.24, 2.45) is 0 Å². The summed E-state index contributed by atoms with van der Waals surface area (Å²) in [5, 5.41) is 4.07. The van der Waals surface area contributed by atoms with Crippen LogP contribution in [0.5, 0.6) is 11.5 Å². The minimum Gasteiger partial charge on any atom is -0.493 e. The largest absolute Gasteiger partial charge is 0.493 e. The number of rotatable bonds is 7. The topological polar surface area (TPSA) is 77.9 Å². The molecule has 26 heavy (non-hydrogen) atoms. The van der Waals surface area contributed by atoms with Crippen molar-refractivity contribution in [2.45, 2.75) is 20.0 Å². The van der Waals surface area contributed by atoms with Crippen LogP contribution in [0.25, 0.3) is 11.3 Å². The maximum Gasteiger partial charge on any atom is 0.220 e. The molecule has 7 nitrogen and oxygen atoms in total. The van der Waals surface area contributed by atoms with E-state index in [9.17, 15) is 4.79 Å². The Kier molecular flexibility index (Phi) is 5.26. The Bertz CT molecular complexity index is 870. The van der Waals surface area contributed by atoms with Gasteiger partial charge in [0.15, 0.2) is 17.3 Å². The maximum absolute atomic E-state index is 11.9. The molecule has 7 heteroatoms. The number of furan rings is 1. The van der Waals surface area contributed by atoms with Gasteiger partial charge in [-0.2, -0.15) is 0 Å². The van der Waals surface area contributed by atoms with Gasteiger partial charge in [0.2, 0.25) is 5.91 Å². The molecule has 0 spiro atoms. The summed E-state index contributed by atoms with van der Waals surface area (Å²) in [4.78, 5) is 13.5. The Hall–Kier alpha value is -3.22. The van der Waals surface area contributed by atoms with Crippen molar-refractivity contribution in [1.29, 1.82) is 0 Å². The van der Waals surface area contributed by atoms with E-state index in [4.69, 9.17) is 18.4 Å². The highest BCUT2D eigenvalue weighted by Crippen LogP contribution is 2.32. The van der Waals surface area contributed by atoms with E-state index in [0.717, 1.165) is 5.56 Å². The first-order chi connectivity index (χ1) is 12.6. The molecule has 0 fully saturated rings. The zero-order chi connectivity index (χ0) is 18.5. The number of benzene rings is 1. The van der Waals surface area contributed by atoms with Gasteiger partial charge in [-0.1, -0.05) is 5.16 Å². The van der Waals surface area contributed by atoms with Crippen molar-refractivity contribution in [1.82, 2.24) is 10.1 Å². The number of hydrogen-bond donors (Lipinski definition) is 0. The number of nitrogens with zero attached hydrogens (tertiary/aromatic N) is 2. The third kappa shape index (κ3) is 3.88. The number of methoxy groups -OCH3 is 2. The molecule has 0 N–H and O–H groups in total. The van der Waals surface area contributed by atoms with Crippen LogP contribution < -0.4 is 9.47 Å². The van der Waals surface area contributed by atoms with Crippen LogP contribution in [0.2, 0.25) is 0 Å². The van der Waals surface area contributed by atoms with E-state index in [-0.39, 0.29) is 5.91 Å². The molecule has 0 unspecified atom stereocenters. The SMILES string of the molecule is COc1ccc(-c2cc(CN(Cc3ccco3)C(C)=O)no2)cc1OC. The molecule has 1 aromatic carbocycles. The Morgan fingerprint density at radius 3 is 2.58 bits per heavy atom. The average molecular weight is 356 g/mol. The predicted octanol–water partition coefficient (Wildman–Crippen LogP) is 3.50. The van der Waals surface area contributed by atoms with Crippen LogP contribution >= 0.6 is 0 Å². The number of amides is 1. The molecule has 1 amide bonds. The van der Waals surface area contributed by atoms with E-state index in [2.05, 4.69) is 5.16 Å². The first-order valence-corrected chi connectivity index (χ1v) is 8.06. The Labute approximate surface area is 151 Å². The van der Waals surface area contributed by atoms with Gasteiger partial charge in [-0.15, -0.1) is 0 Å². The second-order valence-corrected chi connectivity index (χ2v) is 5.71. The van der Waals surface area contributed by atoms with Gasteiger partial charge < -0.3 is 23.3 Å². The number of ether oxygens (including phenoxy) is 2. The third-order valence-corrected chi connectivity index (χ3v) is 3.95. The van der Waals surface area contributed by atoms with Crippen LogP contribution in [0.4, 0.5) is 0 Å². The van der Waals surface area contributed by atoms with Crippen molar-refractivity contribution in [3.63, 3.8) is 0 Å². The van der Waals surface area contributed by atoms with Gasteiger partial charge in [-0.05, 0) is 30.3 Å². The van der Waals surface area contributed by atoms with E-state index >= 15 is 0 Å². The third-order valence-electron chi connectivity index (χ3n) is 3.95. The molecule has 0 atom stereocenters. The fourth-order valence-corrected chi connectivity index (χ4v) is 2.58. The molecule has 0 aliphatic heterocycles. The highest BCUT2D eigenvalue weighted by Gasteiger charge is 2.16. The van der Waals surface area contributed by atoms with Crippen LogP contribution in [0.15, 0.2) is 51.6 Å². The minimum atomic E-state index is -0.0722. The van der Waals surface area contributed by atoms with Crippen LogP contribution in [0.3, 0.4) is 0 Å². The monoisotopic (exact) mass is 356 g/mol. The van der Waals surface area contributed by atoms with E-state index < -0.39 is 0 Å². The standard InChI is InChI=1S/C19H20N2O5/c1-13(22)21(12-16-5-4-8-25-16)11-15-10-18(26-20-15)14-6-7-17(23-2)19(9-14)24-3/h4-10H,11-12H2,1-3H3. The van der Waals surface area contributed by atoms with Crippen LogP contribution in [0, 0.1) is 0 Å². The molecule has 3 rings (SSSR count). The first-order valence-electron chi connectivity index (χ1n) is 8.06. The van der Waals surface area contributed by atoms with Crippen molar-refractivity contribution in [3.8, 4) is 22.8 Å². The lowest BCUT2D eigenvalue weighted by atomic mass is 10.1. The van der Waals surface area contributed by atoms with E-state index in [1.807, 2.05) is 18.2 Å². The van der Waals surface area contributed by atoms with E-state index in [1.165, 1.54) is 6.92 Å². The highest BCUT2D eigenvalue weighted by atomic mass is 16.5. The van der Waals surface area contributed by atoms with Crippen LogP contribution in [-0.2, 0) is 17.9 Å². The van der Waals surface area contributed by atoms with Gasteiger partial charge in [0.25, 0.3) is 0 Å². The lowest BCUT2D eigenvalue weighted by Crippen LogP contribution is -2.27. The summed E-state index contributed by atoms with van der Waals surface area (Å²) < 4.78 is 21.3. The summed E-state index contributed by atoms with van der Waals surface area (Å²) in [6.45, 7) is 2.21. The molecule has 2 heterocycles. The summed E-state index contributed by atoms with van der Waals surface area (Å²) in [6.07, 6.45) is 1.58. The second kappa shape index (κ2) is 7.77. The molecular weight excluding hydrogens is 336 g/mol. The number of carbonyl (C=O) groups is 1. The fraction of sp³-hybridized carbons (Fsp3) is 0.263. The summed E-state index contributed by atoms with van der Waals surface area (Å²) in [7, 11) is 3.16. The van der Waals surface area contributed by atoms with Gasteiger partial charge in [-0.3, -0.25) is 4.79 Å². The zero-order valence-corrected chi connectivity index (χ0v) is 14.9. The lowest BCUT2D eigenvalue weighted by molar-refractivity contribution is -0.130. The molecular formula is C19H20N2O5. The van der Waals surface area contributed by atoms with Crippen LogP contribution in [0.1, 0.15) is 18.4 Å². The second-order valence-electron chi connectivity index (χ2n) is 5.71. The summed E-state index contributed by atoms with van der Waals surface area (Å²) in [5.41, 5.74) is 1.46. The normalized spacial score (nSPS) is 10.6. The van der Waals surface area contributed by atoms with Crippen molar-refractivity contribution < 1.29 is 23.2 Å². The Morgan fingerprint density at radius 2 is 1.92 bits per heavy atom. The number of aromatic nitrogens is 1. The lowest BCUT2D eigenvalue weighted by Gasteiger charge is -2.18. The van der Waals surface area contributed by atoms with Gasteiger partial charge in [-0.25, -0.2) is 0 Å². The molecule has 136 valence electrons. The van der Waals surface area contributed by atoms with E-state index in [1.54, 1.807) is 43.6 Å². The van der Waals surface area contributed by atoms with Crippen molar-refractivity contribution in [3.05, 3.63) is 54.1 Å². The summed E-state index contributed by atoms with van der Waals surface area (Å²) in [5.74, 6) is 2.46. The molecule has 0 bridgehead atoms. The number of carbonyl (C=O) groups excluding carboxylic acids is 1. The smallest absolute Gasteiger partial charge is 0.220 e. The van der Waals surface area contributed by atoms with E-state index in [0.29, 0.717) is 41.8 Å². The summed E-state index contributed by atoms with van der Waals surface area (Å²) in [6, 6.07) is 10.9. The van der Waals surface area contributed by atoms with Crippen molar-refractivity contribution in [2.75, 3.05) is 14.2 Å². The quantitative estimate of drug-likeness (QED) is 0.645. The molecule has 0 aliphatic rings. The molecule has 0 saturated heterocycles. The Morgan fingerprint density at radius 1 is 1.12 bits per heavy atom. The summed E-state index contributed by atoms with van der Waals surface area (Å²) >= 11 is 0. The predicted molar refractivity (Wildman–Crippen MR) is 93.7 cm³/mol. The minimum absolute atomic E-state index is 0.0722. The molecule has 0 radical (unpaired) electrons. The molecule has 0 aliphatic carbocycles. The molecule has 0 saturated carbocycles. The average Bonchev–Trinajstić information content (AvgIpc) is 3.32. The van der Waals surface area contributed by atoms with Gasteiger partial charge in [0, 0.05) is 18.6 Å². The van der Waals surface area contributed by atoms with Crippen LogP contribution in [-0.4, -0.2) is 30.2 Å². The van der Waals surface area contributed by atoms with Gasteiger partial charge in [0.05, 0.1) is 33.6 Å². The molecule has 3 aromatic rings. The molecule has 2 aromatic heterocycles. The zero-order valence-electron chi connectivity index (χ0n) is 14.9. The fourth-order valence-electron chi connectivity index (χ4n) is 2.58. The first kappa shape index (κ1) is 17.6. The van der Waals surface area contributed by atoms with Crippen molar-refractivity contribution >= 4 is 5.91 Å². The Balaban J connectivity index is 1.77. The van der Waals surface area contributed by atoms with Gasteiger partial charge in [0.1, 0.15) is 11.5 Å². The maximum atomic E-state index is 11.9. The highest BCUT2D eigenvalue weighted by molar-refractivity contribution is 5.73. The van der Waals surface area contributed by atoms with Gasteiger partial charge >= 0.3 is 0 Å².